The molecule has 0 saturated heterocycles. The monoisotopic (exact) mass is 306 g/mol. The molecule has 112 valence electrons. The number of hydrogen-bond acceptors (Lipinski definition) is 2. The molecule has 0 spiro atoms. The molecular formula is C17H20ClFN2. The molecule has 4 heteroatoms. The summed E-state index contributed by atoms with van der Waals surface area (Å²) in [6, 6.07) is 12.4. The van der Waals surface area contributed by atoms with Crippen LogP contribution in [0.2, 0.25) is 5.02 Å². The summed E-state index contributed by atoms with van der Waals surface area (Å²) in [7, 11) is 1.84. The number of para-hydroxylation sites is 1. The zero-order chi connectivity index (χ0) is 15.4. The maximum atomic E-state index is 14.0. The van der Waals surface area contributed by atoms with Gasteiger partial charge in [-0.25, -0.2) is 4.39 Å². The molecule has 2 rings (SSSR count). The largest absolute Gasteiger partial charge is 0.342 e. The smallest absolute Gasteiger partial charge is 0.146 e. The Morgan fingerprint density at radius 3 is 2.57 bits per heavy atom. The Kier molecular flexibility index (Phi) is 5.21. The van der Waals surface area contributed by atoms with Gasteiger partial charge in [-0.1, -0.05) is 36.7 Å². The lowest BCUT2D eigenvalue weighted by Crippen LogP contribution is -2.23. The first kappa shape index (κ1) is 15.8. The molecule has 0 heterocycles. The molecule has 1 atom stereocenters. The normalized spacial score (nSPS) is 12.2. The number of halogens is 2. The fourth-order valence-corrected chi connectivity index (χ4v) is 2.47. The van der Waals surface area contributed by atoms with Gasteiger partial charge in [0.1, 0.15) is 5.82 Å². The lowest BCUT2D eigenvalue weighted by molar-refractivity contribution is 0.626. The molecule has 0 radical (unpaired) electrons. The Balaban J connectivity index is 2.42. The number of nitrogens with two attached hydrogens (primary N) is 1. The average molecular weight is 307 g/mol. The zero-order valence-electron chi connectivity index (χ0n) is 12.3. The van der Waals surface area contributed by atoms with Crippen LogP contribution in [-0.2, 0) is 6.42 Å². The molecule has 0 bridgehead atoms. The third kappa shape index (κ3) is 3.74. The number of benzene rings is 2. The van der Waals surface area contributed by atoms with Crippen LogP contribution in [0.15, 0.2) is 42.5 Å². The van der Waals surface area contributed by atoms with Gasteiger partial charge in [0.25, 0.3) is 0 Å². The second-order valence-corrected chi connectivity index (χ2v) is 5.59. The molecule has 0 aliphatic heterocycles. The minimum atomic E-state index is -0.259. The molecule has 21 heavy (non-hydrogen) atoms. The van der Waals surface area contributed by atoms with Crippen molar-refractivity contribution in [1.29, 1.82) is 0 Å². The third-order valence-corrected chi connectivity index (χ3v) is 3.86. The molecule has 0 saturated carbocycles. The van der Waals surface area contributed by atoms with E-state index >= 15 is 0 Å². The minimum Gasteiger partial charge on any atom is -0.342 e. The van der Waals surface area contributed by atoms with Crippen molar-refractivity contribution in [3.8, 4) is 0 Å². The van der Waals surface area contributed by atoms with E-state index in [-0.39, 0.29) is 11.9 Å². The van der Waals surface area contributed by atoms with Gasteiger partial charge in [0.15, 0.2) is 0 Å². The van der Waals surface area contributed by atoms with E-state index in [9.17, 15) is 4.39 Å². The standard InChI is InChI=1S/C17H20ClFN2/c1-3-14(20)10-12-8-9-13(18)11-17(12)21(2)16-7-5-4-6-15(16)19/h4-9,11,14H,3,10,20H2,1-2H3. The van der Waals surface area contributed by atoms with Gasteiger partial charge < -0.3 is 10.6 Å². The van der Waals surface area contributed by atoms with Crippen LogP contribution < -0.4 is 10.6 Å². The number of rotatable bonds is 5. The Morgan fingerprint density at radius 1 is 1.19 bits per heavy atom. The van der Waals surface area contributed by atoms with Gasteiger partial charge in [-0.05, 0) is 42.7 Å². The summed E-state index contributed by atoms with van der Waals surface area (Å²) < 4.78 is 14.0. The van der Waals surface area contributed by atoms with Crippen molar-refractivity contribution in [2.24, 2.45) is 5.73 Å². The molecule has 1 unspecified atom stereocenters. The van der Waals surface area contributed by atoms with Crippen molar-refractivity contribution in [2.45, 2.75) is 25.8 Å². The van der Waals surface area contributed by atoms with Gasteiger partial charge in [-0.3, -0.25) is 0 Å². The van der Waals surface area contributed by atoms with Gasteiger partial charge in [-0.2, -0.15) is 0 Å². The Hall–Kier alpha value is -1.58. The second-order valence-electron chi connectivity index (χ2n) is 5.16. The number of anilines is 2. The molecule has 0 amide bonds. The second kappa shape index (κ2) is 6.92. The molecular weight excluding hydrogens is 287 g/mol. The maximum Gasteiger partial charge on any atom is 0.146 e. The molecule has 0 fully saturated rings. The van der Waals surface area contributed by atoms with Crippen molar-refractivity contribution in [3.05, 3.63) is 58.9 Å². The summed E-state index contributed by atoms with van der Waals surface area (Å²) in [5.41, 5.74) is 8.53. The third-order valence-electron chi connectivity index (χ3n) is 3.63. The lowest BCUT2D eigenvalue weighted by Gasteiger charge is -2.24. The highest BCUT2D eigenvalue weighted by Crippen LogP contribution is 2.32. The van der Waals surface area contributed by atoms with Crippen LogP contribution in [0.3, 0.4) is 0 Å². The van der Waals surface area contributed by atoms with E-state index in [2.05, 4.69) is 6.92 Å². The van der Waals surface area contributed by atoms with Crippen molar-refractivity contribution in [1.82, 2.24) is 0 Å². The zero-order valence-corrected chi connectivity index (χ0v) is 13.1. The first-order valence-corrected chi connectivity index (χ1v) is 7.43. The van der Waals surface area contributed by atoms with Crippen molar-refractivity contribution in [3.63, 3.8) is 0 Å². The predicted octanol–water partition coefficient (Wildman–Crippen LogP) is 4.53. The molecule has 2 N–H and O–H groups in total. The predicted molar refractivity (Wildman–Crippen MR) is 87.9 cm³/mol. The first-order chi connectivity index (χ1) is 10.0. The molecule has 0 aliphatic rings. The van der Waals surface area contributed by atoms with Crippen LogP contribution >= 0.6 is 11.6 Å². The Bertz CT molecular complexity index is 615. The number of hydrogen-bond donors (Lipinski definition) is 1. The molecule has 0 aliphatic carbocycles. The van der Waals surface area contributed by atoms with Crippen LogP contribution in [-0.4, -0.2) is 13.1 Å². The Labute approximate surface area is 130 Å². The van der Waals surface area contributed by atoms with E-state index in [0.29, 0.717) is 10.7 Å². The topological polar surface area (TPSA) is 29.3 Å². The molecule has 2 nitrogen and oxygen atoms in total. The highest BCUT2D eigenvalue weighted by molar-refractivity contribution is 6.30. The average Bonchev–Trinajstić information content (AvgIpc) is 2.48. The van der Waals surface area contributed by atoms with Crippen molar-refractivity contribution in [2.75, 3.05) is 11.9 Å². The minimum absolute atomic E-state index is 0.0824. The molecule has 2 aromatic carbocycles. The lowest BCUT2D eigenvalue weighted by atomic mass is 10.0. The van der Waals surface area contributed by atoms with E-state index in [1.807, 2.05) is 36.2 Å². The van der Waals surface area contributed by atoms with Crippen LogP contribution in [0.25, 0.3) is 0 Å². The van der Waals surface area contributed by atoms with E-state index in [1.165, 1.54) is 6.07 Å². The van der Waals surface area contributed by atoms with Gasteiger partial charge in [-0.15, -0.1) is 0 Å². The summed E-state index contributed by atoms with van der Waals surface area (Å²) in [4.78, 5) is 1.82. The van der Waals surface area contributed by atoms with Crippen LogP contribution in [0.1, 0.15) is 18.9 Å². The van der Waals surface area contributed by atoms with Gasteiger partial charge in [0.2, 0.25) is 0 Å². The van der Waals surface area contributed by atoms with Gasteiger partial charge in [0.05, 0.1) is 5.69 Å². The van der Waals surface area contributed by atoms with Crippen LogP contribution in [0, 0.1) is 5.82 Å². The SMILES string of the molecule is CCC(N)Cc1ccc(Cl)cc1N(C)c1ccccc1F. The van der Waals surface area contributed by atoms with E-state index in [1.54, 1.807) is 12.1 Å². The summed E-state index contributed by atoms with van der Waals surface area (Å²) in [6.45, 7) is 2.06. The molecule has 0 aromatic heterocycles. The van der Waals surface area contributed by atoms with E-state index in [4.69, 9.17) is 17.3 Å². The Morgan fingerprint density at radius 2 is 1.90 bits per heavy atom. The van der Waals surface area contributed by atoms with Crippen LogP contribution in [0.5, 0.6) is 0 Å². The maximum absolute atomic E-state index is 14.0. The summed E-state index contributed by atoms with van der Waals surface area (Å²) in [5.74, 6) is -0.259. The number of nitrogens with zero attached hydrogens (tertiary/aromatic N) is 1. The summed E-state index contributed by atoms with van der Waals surface area (Å²) in [5, 5.41) is 0.627. The fourth-order valence-electron chi connectivity index (χ4n) is 2.30. The van der Waals surface area contributed by atoms with Gasteiger partial charge in [0, 0.05) is 23.8 Å². The van der Waals surface area contributed by atoms with Crippen LogP contribution in [0.4, 0.5) is 15.8 Å². The molecule has 2 aromatic rings. The van der Waals surface area contributed by atoms with Crippen molar-refractivity contribution < 1.29 is 4.39 Å². The quantitative estimate of drug-likeness (QED) is 0.879. The van der Waals surface area contributed by atoms with E-state index < -0.39 is 0 Å². The first-order valence-electron chi connectivity index (χ1n) is 7.05. The highest BCUT2D eigenvalue weighted by atomic mass is 35.5. The van der Waals surface area contributed by atoms with E-state index in [0.717, 1.165) is 24.1 Å². The van der Waals surface area contributed by atoms with Crippen molar-refractivity contribution >= 4 is 23.0 Å². The highest BCUT2D eigenvalue weighted by Gasteiger charge is 2.14. The summed E-state index contributed by atoms with van der Waals surface area (Å²) in [6.07, 6.45) is 1.63. The van der Waals surface area contributed by atoms with Gasteiger partial charge >= 0.3 is 0 Å². The summed E-state index contributed by atoms with van der Waals surface area (Å²) >= 11 is 6.11. The fraction of sp³-hybridized carbons (Fsp3) is 0.294.